The quantitative estimate of drug-likeness (QED) is 0.732. The number of alkyl halides is 3. The molecule has 0 heterocycles. The standard InChI is InChI=1S/C15H19BrF3N/c1-9-6-13(7-10(2)14(9)16)20-12-5-3-4-11(8-12)15(17,18)19/h6-7,11-12,20H,3-5,8H2,1-2H3. The van der Waals surface area contributed by atoms with Crippen LogP contribution in [0.3, 0.4) is 0 Å². The van der Waals surface area contributed by atoms with Crippen LogP contribution < -0.4 is 5.32 Å². The van der Waals surface area contributed by atoms with Gasteiger partial charge in [0.15, 0.2) is 0 Å². The summed E-state index contributed by atoms with van der Waals surface area (Å²) in [5.41, 5.74) is 3.10. The summed E-state index contributed by atoms with van der Waals surface area (Å²) in [5.74, 6) is -1.16. The van der Waals surface area contributed by atoms with Gasteiger partial charge in [-0.3, -0.25) is 0 Å². The van der Waals surface area contributed by atoms with E-state index in [1.807, 2.05) is 26.0 Å². The zero-order chi connectivity index (χ0) is 14.9. The molecule has 2 rings (SSSR count). The maximum atomic E-state index is 12.8. The number of hydrogen-bond acceptors (Lipinski definition) is 1. The molecule has 1 aliphatic rings. The van der Waals surface area contributed by atoms with E-state index in [-0.39, 0.29) is 18.9 Å². The lowest BCUT2D eigenvalue weighted by molar-refractivity contribution is -0.182. The van der Waals surface area contributed by atoms with Gasteiger partial charge in [0, 0.05) is 16.2 Å². The maximum Gasteiger partial charge on any atom is 0.391 e. The zero-order valence-corrected chi connectivity index (χ0v) is 13.2. The van der Waals surface area contributed by atoms with Crippen molar-refractivity contribution in [2.45, 2.75) is 51.7 Å². The van der Waals surface area contributed by atoms with Crippen molar-refractivity contribution in [1.82, 2.24) is 0 Å². The molecule has 1 nitrogen and oxygen atoms in total. The summed E-state index contributed by atoms with van der Waals surface area (Å²) in [5, 5.41) is 3.27. The number of aryl methyl sites for hydroxylation is 2. The van der Waals surface area contributed by atoms with E-state index in [1.54, 1.807) is 0 Å². The molecule has 0 spiro atoms. The zero-order valence-electron chi connectivity index (χ0n) is 11.6. The van der Waals surface area contributed by atoms with Gasteiger partial charge in [0.1, 0.15) is 0 Å². The Morgan fingerprint density at radius 3 is 2.30 bits per heavy atom. The smallest absolute Gasteiger partial charge is 0.382 e. The summed E-state index contributed by atoms with van der Waals surface area (Å²) in [4.78, 5) is 0. The van der Waals surface area contributed by atoms with Gasteiger partial charge in [0.25, 0.3) is 0 Å². The molecule has 112 valence electrons. The normalized spacial score (nSPS) is 23.7. The minimum absolute atomic E-state index is 0.0876. The van der Waals surface area contributed by atoms with Crippen molar-refractivity contribution in [3.8, 4) is 0 Å². The van der Waals surface area contributed by atoms with Gasteiger partial charge in [0.2, 0.25) is 0 Å². The van der Waals surface area contributed by atoms with Crippen LogP contribution in [0.4, 0.5) is 18.9 Å². The summed E-state index contributed by atoms with van der Waals surface area (Å²) in [7, 11) is 0. The maximum absolute atomic E-state index is 12.8. The van der Waals surface area contributed by atoms with Crippen molar-refractivity contribution < 1.29 is 13.2 Å². The molecule has 0 radical (unpaired) electrons. The number of anilines is 1. The molecular weight excluding hydrogens is 331 g/mol. The lowest BCUT2D eigenvalue weighted by atomic mass is 9.85. The fourth-order valence-corrected chi connectivity index (χ4v) is 3.11. The van der Waals surface area contributed by atoms with Gasteiger partial charge >= 0.3 is 6.18 Å². The second kappa shape index (κ2) is 5.96. The number of benzene rings is 1. The first-order valence-electron chi connectivity index (χ1n) is 6.87. The molecule has 20 heavy (non-hydrogen) atoms. The van der Waals surface area contributed by atoms with Gasteiger partial charge < -0.3 is 5.32 Å². The van der Waals surface area contributed by atoms with Crippen molar-refractivity contribution >= 4 is 21.6 Å². The lowest BCUT2D eigenvalue weighted by Gasteiger charge is -2.31. The van der Waals surface area contributed by atoms with Crippen LogP contribution in [-0.2, 0) is 0 Å². The first kappa shape index (κ1) is 15.7. The Labute approximate surface area is 126 Å². The van der Waals surface area contributed by atoms with Gasteiger partial charge in [-0.05, 0) is 56.4 Å². The predicted molar refractivity (Wildman–Crippen MR) is 79.0 cm³/mol. The third-order valence-electron chi connectivity index (χ3n) is 3.94. The minimum Gasteiger partial charge on any atom is -0.382 e. The third kappa shape index (κ3) is 3.68. The highest BCUT2D eigenvalue weighted by molar-refractivity contribution is 9.10. The van der Waals surface area contributed by atoms with E-state index in [2.05, 4.69) is 21.2 Å². The average Bonchev–Trinajstić information content (AvgIpc) is 2.35. The van der Waals surface area contributed by atoms with Gasteiger partial charge in [-0.2, -0.15) is 13.2 Å². The molecule has 0 saturated heterocycles. The number of hydrogen-bond donors (Lipinski definition) is 1. The second-order valence-electron chi connectivity index (χ2n) is 5.67. The molecule has 0 bridgehead atoms. The van der Waals surface area contributed by atoms with Gasteiger partial charge in [0.05, 0.1) is 5.92 Å². The average molecular weight is 350 g/mol. The molecule has 1 aliphatic carbocycles. The molecule has 2 atom stereocenters. The Kier molecular flexibility index (Phi) is 4.67. The van der Waals surface area contributed by atoms with Crippen molar-refractivity contribution in [2.24, 2.45) is 5.92 Å². The second-order valence-corrected chi connectivity index (χ2v) is 6.46. The van der Waals surface area contributed by atoms with Crippen LogP contribution in [0.25, 0.3) is 0 Å². The Morgan fingerprint density at radius 1 is 1.15 bits per heavy atom. The van der Waals surface area contributed by atoms with Crippen molar-refractivity contribution in [1.29, 1.82) is 0 Å². The number of nitrogens with one attached hydrogen (secondary N) is 1. The summed E-state index contributed by atoms with van der Waals surface area (Å²) in [6, 6.07) is 3.87. The Bertz CT molecular complexity index is 461. The van der Waals surface area contributed by atoms with E-state index in [4.69, 9.17) is 0 Å². The Hall–Kier alpha value is -0.710. The van der Waals surface area contributed by atoms with Crippen molar-refractivity contribution in [2.75, 3.05) is 5.32 Å². The van der Waals surface area contributed by atoms with Crippen LogP contribution in [0, 0.1) is 19.8 Å². The molecule has 0 amide bonds. The SMILES string of the molecule is Cc1cc(NC2CCCC(C(F)(F)F)C2)cc(C)c1Br. The number of halogens is 4. The molecule has 1 aromatic rings. The molecule has 2 unspecified atom stereocenters. The van der Waals surface area contributed by atoms with Crippen LogP contribution in [0.2, 0.25) is 0 Å². The van der Waals surface area contributed by atoms with Crippen LogP contribution in [-0.4, -0.2) is 12.2 Å². The third-order valence-corrected chi connectivity index (χ3v) is 5.20. The Morgan fingerprint density at radius 2 is 1.75 bits per heavy atom. The Balaban J connectivity index is 2.07. The van der Waals surface area contributed by atoms with E-state index in [0.29, 0.717) is 6.42 Å². The highest BCUT2D eigenvalue weighted by Gasteiger charge is 2.42. The van der Waals surface area contributed by atoms with Gasteiger partial charge in [-0.1, -0.05) is 22.4 Å². The number of rotatable bonds is 2. The van der Waals surface area contributed by atoms with Gasteiger partial charge in [-0.15, -0.1) is 0 Å². The van der Waals surface area contributed by atoms with Crippen molar-refractivity contribution in [3.63, 3.8) is 0 Å². The monoisotopic (exact) mass is 349 g/mol. The molecule has 1 N–H and O–H groups in total. The van der Waals surface area contributed by atoms with Crippen LogP contribution in [0.5, 0.6) is 0 Å². The summed E-state index contributed by atoms with van der Waals surface area (Å²) in [6.07, 6.45) is -2.18. The van der Waals surface area contributed by atoms with Crippen LogP contribution >= 0.6 is 15.9 Å². The first-order valence-corrected chi connectivity index (χ1v) is 7.66. The van der Waals surface area contributed by atoms with Gasteiger partial charge in [-0.25, -0.2) is 0 Å². The van der Waals surface area contributed by atoms with E-state index in [0.717, 1.165) is 27.7 Å². The van der Waals surface area contributed by atoms with E-state index in [1.165, 1.54) is 0 Å². The van der Waals surface area contributed by atoms with E-state index < -0.39 is 12.1 Å². The molecular formula is C15H19BrF3N. The molecule has 0 aliphatic heterocycles. The summed E-state index contributed by atoms with van der Waals surface area (Å²) >= 11 is 3.50. The van der Waals surface area contributed by atoms with Crippen LogP contribution in [0.1, 0.15) is 36.8 Å². The van der Waals surface area contributed by atoms with E-state index in [9.17, 15) is 13.2 Å². The minimum atomic E-state index is -4.06. The summed E-state index contributed by atoms with van der Waals surface area (Å²) < 4.78 is 39.5. The molecule has 0 aromatic heterocycles. The highest BCUT2D eigenvalue weighted by atomic mass is 79.9. The first-order chi connectivity index (χ1) is 9.27. The van der Waals surface area contributed by atoms with E-state index >= 15 is 0 Å². The molecule has 1 saturated carbocycles. The lowest BCUT2D eigenvalue weighted by Crippen LogP contribution is -2.34. The highest BCUT2D eigenvalue weighted by Crippen LogP contribution is 2.38. The largest absolute Gasteiger partial charge is 0.391 e. The molecule has 1 aromatic carbocycles. The van der Waals surface area contributed by atoms with Crippen LogP contribution in [0.15, 0.2) is 16.6 Å². The predicted octanol–water partition coefficient (Wildman–Crippen LogP) is 5.60. The molecule has 1 fully saturated rings. The topological polar surface area (TPSA) is 12.0 Å². The fourth-order valence-electron chi connectivity index (χ4n) is 2.88. The summed E-state index contributed by atoms with van der Waals surface area (Å²) in [6.45, 7) is 3.98. The van der Waals surface area contributed by atoms with Crippen molar-refractivity contribution in [3.05, 3.63) is 27.7 Å². The molecule has 5 heteroatoms. The fraction of sp³-hybridized carbons (Fsp3) is 0.600.